The number of carbonyl (C=O) groups is 2. The van der Waals surface area contributed by atoms with Crippen LogP contribution < -0.4 is 10.1 Å². The van der Waals surface area contributed by atoms with Gasteiger partial charge in [0.1, 0.15) is 0 Å². The normalized spacial score (nSPS) is 14.0. The summed E-state index contributed by atoms with van der Waals surface area (Å²) in [5.74, 6) is -0.338. The maximum Gasteiger partial charge on any atom is 0.409 e. The average Bonchev–Trinajstić information content (AvgIpc) is 3.26. The minimum Gasteiger partial charge on any atom is -0.494 e. The van der Waals surface area contributed by atoms with Crippen molar-refractivity contribution in [2.75, 3.05) is 26.8 Å². The second kappa shape index (κ2) is 10.5. The lowest BCUT2D eigenvalue weighted by atomic mass is 10.0. The quantitative estimate of drug-likeness (QED) is 0.575. The van der Waals surface area contributed by atoms with E-state index in [0.29, 0.717) is 55.1 Å². The Kier molecular flexibility index (Phi) is 7.23. The molecule has 0 saturated carbocycles. The Morgan fingerprint density at radius 1 is 1.23 bits per heavy atom. The zero-order chi connectivity index (χ0) is 24.9. The molecule has 10 nitrogen and oxygen atoms in total. The van der Waals surface area contributed by atoms with Gasteiger partial charge >= 0.3 is 6.09 Å². The van der Waals surface area contributed by atoms with Crippen LogP contribution in [-0.2, 0) is 4.74 Å². The van der Waals surface area contributed by atoms with Gasteiger partial charge in [0.05, 0.1) is 36.9 Å². The number of likely N-dealkylation sites (tertiary alicyclic amines) is 1. The van der Waals surface area contributed by atoms with Gasteiger partial charge in [-0.3, -0.25) is 4.79 Å². The highest BCUT2D eigenvalue weighted by Gasteiger charge is 2.26. The van der Waals surface area contributed by atoms with Crippen molar-refractivity contribution in [2.45, 2.75) is 32.7 Å². The fraction of sp³-hybridized carbons (Fsp3) is 0.375. The lowest BCUT2D eigenvalue weighted by Gasteiger charge is -2.31. The highest BCUT2D eigenvalue weighted by atomic mass is 19.1. The molecule has 0 aliphatic carbocycles. The predicted octanol–water partition coefficient (Wildman–Crippen LogP) is 3.14. The molecular weight excluding hydrogens is 455 g/mol. The number of piperidine rings is 1. The van der Waals surface area contributed by atoms with E-state index in [2.05, 4.69) is 20.4 Å². The molecule has 0 unspecified atom stereocenters. The highest BCUT2D eigenvalue weighted by Crippen LogP contribution is 2.25. The Bertz CT molecular complexity index is 1220. The number of aromatic nitrogens is 4. The van der Waals surface area contributed by atoms with Crippen LogP contribution >= 0.6 is 0 Å². The molecule has 2 amide bonds. The SMILES string of the molecule is CCOC(=O)N1CCC(NC(=O)c2cnn(-c3nccc(-c4ccc(OC)c(F)c4)n3)c2C)CC1. The summed E-state index contributed by atoms with van der Waals surface area (Å²) >= 11 is 0. The molecule has 0 bridgehead atoms. The van der Waals surface area contributed by atoms with Crippen LogP contribution in [0.3, 0.4) is 0 Å². The van der Waals surface area contributed by atoms with Crippen molar-refractivity contribution >= 4 is 12.0 Å². The minimum atomic E-state index is -0.493. The van der Waals surface area contributed by atoms with Crippen molar-refractivity contribution in [3.05, 3.63) is 53.7 Å². The van der Waals surface area contributed by atoms with Gasteiger partial charge in [0.2, 0.25) is 0 Å². The van der Waals surface area contributed by atoms with Crippen LogP contribution in [0.5, 0.6) is 5.75 Å². The van der Waals surface area contributed by atoms with Crippen LogP contribution in [0.25, 0.3) is 17.2 Å². The summed E-state index contributed by atoms with van der Waals surface area (Å²) in [4.78, 5) is 35.2. The molecule has 4 rings (SSSR count). The van der Waals surface area contributed by atoms with Crippen LogP contribution in [-0.4, -0.2) is 69.5 Å². The first-order valence-corrected chi connectivity index (χ1v) is 11.4. The molecule has 2 aromatic heterocycles. The zero-order valence-corrected chi connectivity index (χ0v) is 19.8. The first-order valence-electron chi connectivity index (χ1n) is 11.4. The second-order valence-corrected chi connectivity index (χ2v) is 8.08. The predicted molar refractivity (Wildman–Crippen MR) is 125 cm³/mol. The largest absolute Gasteiger partial charge is 0.494 e. The van der Waals surface area contributed by atoms with E-state index >= 15 is 0 Å². The molecule has 35 heavy (non-hydrogen) atoms. The number of nitrogens with zero attached hydrogens (tertiary/aromatic N) is 5. The van der Waals surface area contributed by atoms with E-state index in [1.165, 1.54) is 30.1 Å². The lowest BCUT2D eigenvalue weighted by molar-refractivity contribution is 0.0859. The summed E-state index contributed by atoms with van der Waals surface area (Å²) in [6, 6.07) is 6.19. The summed E-state index contributed by atoms with van der Waals surface area (Å²) in [6.07, 6.45) is 3.98. The number of halogens is 1. The average molecular weight is 483 g/mol. The Hall–Kier alpha value is -4.02. The number of hydrogen-bond donors (Lipinski definition) is 1. The maximum absolute atomic E-state index is 14.1. The smallest absolute Gasteiger partial charge is 0.409 e. The molecule has 0 atom stereocenters. The van der Waals surface area contributed by atoms with E-state index in [9.17, 15) is 14.0 Å². The van der Waals surface area contributed by atoms with Gasteiger partial charge < -0.3 is 19.7 Å². The Morgan fingerprint density at radius 3 is 2.69 bits per heavy atom. The van der Waals surface area contributed by atoms with Gasteiger partial charge in [-0.15, -0.1) is 0 Å². The summed E-state index contributed by atoms with van der Waals surface area (Å²) in [6.45, 7) is 4.91. The molecule has 1 aromatic carbocycles. The first-order chi connectivity index (χ1) is 16.9. The van der Waals surface area contributed by atoms with Crippen molar-refractivity contribution in [1.82, 2.24) is 30.0 Å². The number of methoxy groups -OCH3 is 1. The van der Waals surface area contributed by atoms with Gasteiger partial charge in [-0.2, -0.15) is 5.10 Å². The van der Waals surface area contributed by atoms with Gasteiger partial charge in [0, 0.05) is 30.9 Å². The number of ether oxygens (including phenoxy) is 2. The molecule has 3 heterocycles. The highest BCUT2D eigenvalue weighted by molar-refractivity contribution is 5.95. The third-order valence-electron chi connectivity index (χ3n) is 5.89. The van der Waals surface area contributed by atoms with E-state index in [4.69, 9.17) is 9.47 Å². The topological polar surface area (TPSA) is 111 Å². The van der Waals surface area contributed by atoms with Crippen LogP contribution in [0.2, 0.25) is 0 Å². The summed E-state index contributed by atoms with van der Waals surface area (Å²) in [7, 11) is 1.40. The summed E-state index contributed by atoms with van der Waals surface area (Å²) in [5.41, 5.74) is 2.04. The summed E-state index contributed by atoms with van der Waals surface area (Å²) < 4.78 is 25.6. The van der Waals surface area contributed by atoms with Crippen molar-refractivity contribution in [2.24, 2.45) is 0 Å². The van der Waals surface area contributed by atoms with Gasteiger partial charge in [-0.05, 0) is 51.0 Å². The van der Waals surface area contributed by atoms with E-state index < -0.39 is 5.82 Å². The van der Waals surface area contributed by atoms with Crippen molar-refractivity contribution < 1.29 is 23.5 Å². The van der Waals surface area contributed by atoms with E-state index in [1.807, 2.05) is 0 Å². The van der Waals surface area contributed by atoms with Crippen molar-refractivity contribution in [1.29, 1.82) is 0 Å². The van der Waals surface area contributed by atoms with Crippen molar-refractivity contribution in [3.8, 4) is 23.0 Å². The first kappa shape index (κ1) is 24.1. The third kappa shape index (κ3) is 5.23. The molecular formula is C24H27FN6O4. The molecule has 0 spiro atoms. The molecule has 1 aliphatic heterocycles. The number of amides is 2. The molecule has 3 aromatic rings. The third-order valence-corrected chi connectivity index (χ3v) is 5.89. The zero-order valence-electron chi connectivity index (χ0n) is 19.8. The Balaban J connectivity index is 1.46. The number of rotatable bonds is 6. The van der Waals surface area contributed by atoms with Gasteiger partial charge in [0.25, 0.3) is 11.9 Å². The van der Waals surface area contributed by atoms with Gasteiger partial charge in [-0.1, -0.05) is 0 Å². The lowest BCUT2D eigenvalue weighted by Crippen LogP contribution is -2.46. The summed E-state index contributed by atoms with van der Waals surface area (Å²) in [5, 5.41) is 7.32. The fourth-order valence-corrected chi connectivity index (χ4v) is 3.96. The van der Waals surface area contributed by atoms with Gasteiger partial charge in [0.15, 0.2) is 11.6 Å². The molecule has 184 valence electrons. The van der Waals surface area contributed by atoms with Crippen LogP contribution in [0.4, 0.5) is 9.18 Å². The van der Waals surface area contributed by atoms with Gasteiger partial charge in [-0.25, -0.2) is 23.8 Å². The van der Waals surface area contributed by atoms with Crippen LogP contribution in [0.1, 0.15) is 35.8 Å². The number of hydrogen-bond acceptors (Lipinski definition) is 7. The van der Waals surface area contributed by atoms with E-state index in [1.54, 1.807) is 37.1 Å². The number of benzene rings is 1. The van der Waals surface area contributed by atoms with E-state index in [-0.39, 0.29) is 29.7 Å². The Labute approximate surface area is 202 Å². The Morgan fingerprint density at radius 2 is 2.00 bits per heavy atom. The molecule has 1 fully saturated rings. The van der Waals surface area contributed by atoms with Crippen LogP contribution in [0.15, 0.2) is 36.7 Å². The van der Waals surface area contributed by atoms with E-state index in [0.717, 1.165) is 0 Å². The maximum atomic E-state index is 14.1. The molecule has 1 aliphatic rings. The van der Waals surface area contributed by atoms with Crippen molar-refractivity contribution in [3.63, 3.8) is 0 Å². The molecule has 1 N–H and O–H groups in total. The monoisotopic (exact) mass is 482 g/mol. The standard InChI is InChI=1S/C24H27FN6O4/c1-4-35-24(33)30-11-8-17(9-12-30)28-22(32)18-14-27-31(15(18)2)23-26-10-7-20(29-23)16-5-6-21(34-3)19(25)13-16/h5-7,10,13-14,17H,4,8-9,11-12H2,1-3H3,(H,28,32). The second-order valence-electron chi connectivity index (χ2n) is 8.08. The number of nitrogens with one attached hydrogen (secondary N) is 1. The minimum absolute atomic E-state index is 0.0551. The fourth-order valence-electron chi connectivity index (χ4n) is 3.96. The molecule has 0 radical (unpaired) electrons. The van der Waals surface area contributed by atoms with Crippen LogP contribution in [0, 0.1) is 12.7 Å². The molecule has 11 heteroatoms. The molecule has 1 saturated heterocycles. The number of carbonyl (C=O) groups excluding carboxylic acids is 2.